The highest BCUT2D eigenvalue weighted by Crippen LogP contribution is 2.14. The van der Waals surface area contributed by atoms with Gasteiger partial charge in [0.15, 0.2) is 5.82 Å². The molecular weight excluding hydrogens is 322 g/mol. The van der Waals surface area contributed by atoms with E-state index < -0.39 is 0 Å². The first-order chi connectivity index (χ1) is 11.5. The van der Waals surface area contributed by atoms with Crippen molar-refractivity contribution in [2.24, 2.45) is 0 Å². The maximum atomic E-state index is 12.3. The van der Waals surface area contributed by atoms with Crippen molar-refractivity contribution in [3.8, 4) is 0 Å². The van der Waals surface area contributed by atoms with Crippen molar-refractivity contribution in [2.75, 3.05) is 5.32 Å². The van der Waals surface area contributed by atoms with Crippen molar-refractivity contribution in [3.05, 3.63) is 82.0 Å². The number of rotatable bonds is 4. The van der Waals surface area contributed by atoms with E-state index in [0.717, 1.165) is 16.7 Å². The summed E-state index contributed by atoms with van der Waals surface area (Å²) in [6.45, 7) is 4.61. The first kappa shape index (κ1) is 16.3. The highest BCUT2D eigenvalue weighted by molar-refractivity contribution is 6.30. The molecule has 0 fully saturated rings. The van der Waals surface area contributed by atoms with Gasteiger partial charge in [-0.1, -0.05) is 29.8 Å². The molecule has 3 aromatic rings. The van der Waals surface area contributed by atoms with Crippen LogP contribution in [-0.4, -0.2) is 15.7 Å². The fraction of sp³-hybridized carbons (Fsp3) is 0.158. The van der Waals surface area contributed by atoms with Crippen LogP contribution < -0.4 is 5.32 Å². The molecule has 1 amide bonds. The number of nitrogens with one attached hydrogen (secondary N) is 1. The molecule has 0 aliphatic heterocycles. The summed E-state index contributed by atoms with van der Waals surface area (Å²) in [6, 6.07) is 15.1. The molecule has 0 aliphatic carbocycles. The summed E-state index contributed by atoms with van der Waals surface area (Å²) in [4.78, 5) is 12.3. The van der Waals surface area contributed by atoms with Crippen LogP contribution in [0, 0.1) is 13.8 Å². The van der Waals surface area contributed by atoms with Crippen LogP contribution in [0.2, 0.25) is 5.02 Å². The van der Waals surface area contributed by atoms with E-state index in [4.69, 9.17) is 11.6 Å². The van der Waals surface area contributed by atoms with Crippen molar-refractivity contribution >= 4 is 23.3 Å². The second-order valence-corrected chi connectivity index (χ2v) is 6.22. The number of benzene rings is 2. The number of aryl methyl sites for hydroxylation is 2. The molecule has 0 unspecified atom stereocenters. The largest absolute Gasteiger partial charge is 0.305 e. The molecule has 0 aliphatic rings. The summed E-state index contributed by atoms with van der Waals surface area (Å²) in [5, 5.41) is 7.90. The van der Waals surface area contributed by atoms with Crippen LogP contribution in [0.4, 0.5) is 5.82 Å². The minimum absolute atomic E-state index is 0.161. The fourth-order valence-corrected chi connectivity index (χ4v) is 2.62. The Morgan fingerprint density at radius 2 is 1.96 bits per heavy atom. The second kappa shape index (κ2) is 6.89. The molecule has 0 bridgehead atoms. The van der Waals surface area contributed by atoms with Crippen LogP contribution in [0.15, 0.2) is 54.7 Å². The van der Waals surface area contributed by atoms with Gasteiger partial charge < -0.3 is 5.32 Å². The second-order valence-electron chi connectivity index (χ2n) is 5.78. The van der Waals surface area contributed by atoms with Gasteiger partial charge in [0.1, 0.15) is 0 Å². The molecule has 3 rings (SSSR count). The summed E-state index contributed by atoms with van der Waals surface area (Å²) >= 11 is 5.99. The normalized spacial score (nSPS) is 10.6. The highest BCUT2D eigenvalue weighted by Gasteiger charge is 2.09. The summed E-state index contributed by atoms with van der Waals surface area (Å²) < 4.78 is 1.77. The lowest BCUT2D eigenvalue weighted by Crippen LogP contribution is -2.13. The summed E-state index contributed by atoms with van der Waals surface area (Å²) in [5.41, 5.74) is 3.94. The SMILES string of the molecule is Cc1ccc(C(=O)Nc2ccn(Cc3cccc(Cl)c3)n2)cc1C. The van der Waals surface area contributed by atoms with Crippen LogP contribution in [0.25, 0.3) is 0 Å². The van der Waals surface area contributed by atoms with E-state index in [-0.39, 0.29) is 5.91 Å². The molecule has 4 nitrogen and oxygen atoms in total. The molecule has 0 saturated heterocycles. The zero-order valence-electron chi connectivity index (χ0n) is 13.6. The molecule has 2 aromatic carbocycles. The number of nitrogens with zero attached hydrogens (tertiary/aromatic N) is 2. The van der Waals surface area contributed by atoms with Crippen LogP contribution in [0.1, 0.15) is 27.0 Å². The Morgan fingerprint density at radius 3 is 2.71 bits per heavy atom. The Labute approximate surface area is 146 Å². The van der Waals surface area contributed by atoms with Crippen molar-refractivity contribution in [3.63, 3.8) is 0 Å². The van der Waals surface area contributed by atoms with Gasteiger partial charge in [0.05, 0.1) is 6.54 Å². The van der Waals surface area contributed by atoms with Gasteiger partial charge in [-0.25, -0.2) is 0 Å². The average Bonchev–Trinajstić information content (AvgIpc) is 2.97. The van der Waals surface area contributed by atoms with E-state index in [9.17, 15) is 4.79 Å². The number of amides is 1. The maximum absolute atomic E-state index is 12.3. The Morgan fingerprint density at radius 1 is 1.12 bits per heavy atom. The van der Waals surface area contributed by atoms with E-state index in [1.165, 1.54) is 0 Å². The topological polar surface area (TPSA) is 46.9 Å². The Hall–Kier alpha value is -2.59. The summed E-state index contributed by atoms with van der Waals surface area (Å²) in [6.07, 6.45) is 1.83. The third-order valence-electron chi connectivity index (χ3n) is 3.88. The van der Waals surface area contributed by atoms with Crippen LogP contribution in [-0.2, 0) is 6.54 Å². The highest BCUT2D eigenvalue weighted by atomic mass is 35.5. The zero-order chi connectivity index (χ0) is 17.1. The van der Waals surface area contributed by atoms with Gasteiger partial charge in [-0.3, -0.25) is 9.48 Å². The molecule has 24 heavy (non-hydrogen) atoms. The quantitative estimate of drug-likeness (QED) is 0.763. The number of carbonyl (C=O) groups excluding carboxylic acids is 1. The van der Waals surface area contributed by atoms with Gasteiger partial charge in [0, 0.05) is 22.8 Å². The Bertz CT molecular complexity index is 886. The Balaban J connectivity index is 1.69. The third-order valence-corrected chi connectivity index (χ3v) is 4.12. The maximum Gasteiger partial charge on any atom is 0.256 e. The van der Waals surface area contributed by atoms with E-state index in [2.05, 4.69) is 10.4 Å². The molecule has 1 N–H and O–H groups in total. The molecule has 1 aromatic heterocycles. The first-order valence-corrected chi connectivity index (χ1v) is 8.05. The third kappa shape index (κ3) is 3.84. The lowest BCUT2D eigenvalue weighted by Gasteiger charge is -2.05. The first-order valence-electron chi connectivity index (χ1n) is 7.68. The van der Waals surface area contributed by atoms with Crippen molar-refractivity contribution in [1.82, 2.24) is 9.78 Å². The Kier molecular flexibility index (Phi) is 4.67. The number of hydrogen-bond donors (Lipinski definition) is 1. The van der Waals surface area contributed by atoms with Crippen LogP contribution >= 0.6 is 11.6 Å². The van der Waals surface area contributed by atoms with Gasteiger partial charge in [-0.15, -0.1) is 0 Å². The molecular formula is C19H18ClN3O. The lowest BCUT2D eigenvalue weighted by molar-refractivity contribution is 0.102. The number of hydrogen-bond acceptors (Lipinski definition) is 2. The van der Waals surface area contributed by atoms with E-state index in [1.807, 2.05) is 62.5 Å². The van der Waals surface area contributed by atoms with Crippen LogP contribution in [0.5, 0.6) is 0 Å². The predicted octanol–water partition coefficient (Wildman–Crippen LogP) is 4.45. The predicted molar refractivity (Wildman–Crippen MR) is 96.7 cm³/mol. The molecule has 122 valence electrons. The number of carbonyl (C=O) groups is 1. The number of halogens is 1. The van der Waals surface area contributed by atoms with E-state index >= 15 is 0 Å². The van der Waals surface area contributed by atoms with Crippen LogP contribution in [0.3, 0.4) is 0 Å². The zero-order valence-corrected chi connectivity index (χ0v) is 14.3. The summed E-state index contributed by atoms with van der Waals surface area (Å²) in [5.74, 6) is 0.367. The summed E-state index contributed by atoms with van der Waals surface area (Å²) in [7, 11) is 0. The number of aromatic nitrogens is 2. The molecule has 0 atom stereocenters. The molecule has 1 heterocycles. The van der Waals surface area contributed by atoms with E-state index in [1.54, 1.807) is 10.7 Å². The molecule has 0 spiro atoms. The smallest absolute Gasteiger partial charge is 0.256 e. The van der Waals surface area contributed by atoms with E-state index in [0.29, 0.717) is 22.9 Å². The van der Waals surface area contributed by atoms with Crippen molar-refractivity contribution in [2.45, 2.75) is 20.4 Å². The standard InChI is InChI=1S/C19H18ClN3O/c1-13-6-7-16(10-14(13)2)19(24)21-18-8-9-23(22-18)12-15-4-3-5-17(20)11-15/h3-11H,12H2,1-2H3,(H,21,22,24). The van der Waals surface area contributed by atoms with Gasteiger partial charge in [0.25, 0.3) is 5.91 Å². The van der Waals surface area contributed by atoms with Gasteiger partial charge in [-0.05, 0) is 54.8 Å². The fourth-order valence-electron chi connectivity index (χ4n) is 2.41. The van der Waals surface area contributed by atoms with Crippen molar-refractivity contribution in [1.29, 1.82) is 0 Å². The monoisotopic (exact) mass is 339 g/mol. The molecule has 5 heteroatoms. The van der Waals surface area contributed by atoms with Gasteiger partial charge in [-0.2, -0.15) is 5.10 Å². The van der Waals surface area contributed by atoms with Gasteiger partial charge in [0.2, 0.25) is 0 Å². The number of anilines is 1. The lowest BCUT2D eigenvalue weighted by atomic mass is 10.1. The average molecular weight is 340 g/mol. The minimum Gasteiger partial charge on any atom is -0.305 e. The van der Waals surface area contributed by atoms with Crippen molar-refractivity contribution < 1.29 is 4.79 Å². The van der Waals surface area contributed by atoms with Gasteiger partial charge >= 0.3 is 0 Å². The minimum atomic E-state index is -0.161. The molecule has 0 saturated carbocycles. The molecule has 0 radical (unpaired) electrons.